The fraction of sp³-hybridized carbons (Fsp3) is 0.267. The van der Waals surface area contributed by atoms with E-state index in [0.29, 0.717) is 10.6 Å². The molecule has 0 aromatic heterocycles. The summed E-state index contributed by atoms with van der Waals surface area (Å²) < 4.78 is 0.974. The molecule has 0 heterocycles. The molecule has 0 spiro atoms. The number of hydrogen-bond donors (Lipinski definition) is 0. The topological polar surface area (TPSA) is 17.1 Å². The van der Waals surface area contributed by atoms with Crippen LogP contribution in [0.5, 0.6) is 0 Å². The number of Topliss-reactive ketones (excluding diaryl/α,β-unsaturated/α-hetero) is 1. The molecule has 1 aromatic carbocycles. The van der Waals surface area contributed by atoms with E-state index in [4.69, 9.17) is 11.6 Å². The lowest BCUT2D eigenvalue weighted by atomic mass is 9.86. The van der Waals surface area contributed by atoms with E-state index in [1.807, 2.05) is 18.2 Å². The Bertz CT molecular complexity index is 619. The number of rotatable bonds is 0. The minimum atomic E-state index is 0.0672. The molecule has 0 aliphatic heterocycles. The molecule has 0 radical (unpaired) electrons. The normalized spacial score (nSPS) is 25.9. The van der Waals surface area contributed by atoms with Gasteiger partial charge in [0.15, 0.2) is 5.78 Å². The maximum absolute atomic E-state index is 12.8. The van der Waals surface area contributed by atoms with Crippen LogP contribution < -0.4 is 0 Å². The third-order valence-electron chi connectivity index (χ3n) is 3.70. The van der Waals surface area contributed by atoms with E-state index in [-0.39, 0.29) is 16.5 Å². The second kappa shape index (κ2) is 5.19. The lowest BCUT2D eigenvalue weighted by Crippen LogP contribution is -2.21. The summed E-state index contributed by atoms with van der Waals surface area (Å²) in [6.45, 7) is 0. The van der Waals surface area contributed by atoms with E-state index in [1.165, 1.54) is 0 Å². The highest BCUT2D eigenvalue weighted by molar-refractivity contribution is 9.11. The van der Waals surface area contributed by atoms with E-state index < -0.39 is 0 Å². The summed E-state index contributed by atoms with van der Waals surface area (Å²) in [7, 11) is 0. The number of alkyl halides is 1. The second-order valence-corrected chi connectivity index (χ2v) is 7.35. The first-order valence-electron chi connectivity index (χ1n) is 6.11. The van der Waals surface area contributed by atoms with Gasteiger partial charge >= 0.3 is 0 Å². The van der Waals surface area contributed by atoms with Crippen molar-refractivity contribution in [1.82, 2.24) is 0 Å². The van der Waals surface area contributed by atoms with Gasteiger partial charge in [0.1, 0.15) is 0 Å². The van der Waals surface area contributed by atoms with Crippen LogP contribution in [0.15, 0.2) is 40.4 Å². The fourth-order valence-corrected chi connectivity index (χ4v) is 4.31. The molecule has 0 N–H and O–H groups in total. The van der Waals surface area contributed by atoms with Crippen molar-refractivity contribution in [3.8, 4) is 0 Å². The summed E-state index contributed by atoms with van der Waals surface area (Å²) >= 11 is 13.4. The molecule has 98 valence electrons. The largest absolute Gasteiger partial charge is 0.289 e. The molecule has 1 nitrogen and oxygen atoms in total. The third-order valence-corrected chi connectivity index (χ3v) is 5.53. The van der Waals surface area contributed by atoms with Crippen LogP contribution in [0.4, 0.5) is 0 Å². The van der Waals surface area contributed by atoms with Crippen LogP contribution in [0, 0.1) is 5.92 Å². The molecule has 0 saturated carbocycles. The number of carbonyl (C=O) groups is 1. The van der Waals surface area contributed by atoms with Gasteiger partial charge in [-0.25, -0.2) is 0 Å². The van der Waals surface area contributed by atoms with E-state index in [1.54, 1.807) is 6.07 Å². The zero-order chi connectivity index (χ0) is 13.6. The quantitative estimate of drug-likeness (QED) is 0.554. The molecule has 2 aliphatic rings. The average Bonchev–Trinajstić information content (AvgIpc) is 2.47. The average molecular weight is 403 g/mol. The number of hydrogen-bond acceptors (Lipinski definition) is 1. The molecule has 19 heavy (non-hydrogen) atoms. The zero-order valence-corrected chi connectivity index (χ0v) is 13.9. The Kier molecular flexibility index (Phi) is 3.71. The van der Waals surface area contributed by atoms with Crippen molar-refractivity contribution in [3.63, 3.8) is 0 Å². The van der Waals surface area contributed by atoms with Crippen molar-refractivity contribution in [2.45, 2.75) is 17.7 Å². The number of allylic oxidation sites excluding steroid dienone is 4. The summed E-state index contributed by atoms with van der Waals surface area (Å²) in [5.41, 5.74) is 2.55. The first-order chi connectivity index (χ1) is 9.08. The number of fused-ring (bicyclic) bond motifs is 2. The van der Waals surface area contributed by atoms with Crippen LogP contribution in [-0.2, 0) is 6.42 Å². The van der Waals surface area contributed by atoms with Gasteiger partial charge in [-0.05, 0) is 30.5 Å². The van der Waals surface area contributed by atoms with Gasteiger partial charge in [-0.15, -0.1) is 0 Å². The van der Waals surface area contributed by atoms with Crippen molar-refractivity contribution in [2.75, 3.05) is 0 Å². The molecular formula is C15H11Br2ClO. The van der Waals surface area contributed by atoms with Gasteiger partial charge in [-0.3, -0.25) is 4.79 Å². The Balaban J connectivity index is 2.19. The molecule has 0 saturated heterocycles. The van der Waals surface area contributed by atoms with Gasteiger partial charge in [0.05, 0.1) is 5.02 Å². The molecule has 2 unspecified atom stereocenters. The maximum Gasteiger partial charge on any atom is 0.191 e. The molecule has 1 aromatic rings. The van der Waals surface area contributed by atoms with Gasteiger partial charge in [-0.2, -0.15) is 0 Å². The van der Waals surface area contributed by atoms with Gasteiger partial charge in [0.2, 0.25) is 0 Å². The highest BCUT2D eigenvalue weighted by Gasteiger charge is 2.35. The van der Waals surface area contributed by atoms with Gasteiger partial charge in [0.25, 0.3) is 0 Å². The molecule has 2 aliphatic carbocycles. The predicted octanol–water partition coefficient (Wildman–Crippen LogP) is 5.07. The predicted molar refractivity (Wildman–Crippen MR) is 85.4 cm³/mol. The van der Waals surface area contributed by atoms with Crippen molar-refractivity contribution >= 4 is 49.2 Å². The van der Waals surface area contributed by atoms with E-state index in [9.17, 15) is 4.79 Å². The Morgan fingerprint density at radius 2 is 2.11 bits per heavy atom. The third kappa shape index (κ3) is 2.37. The first kappa shape index (κ1) is 13.6. The minimum absolute atomic E-state index is 0.0672. The number of halogens is 3. The van der Waals surface area contributed by atoms with Crippen molar-refractivity contribution in [3.05, 3.63) is 56.6 Å². The number of benzene rings is 1. The van der Waals surface area contributed by atoms with Crippen molar-refractivity contribution in [1.29, 1.82) is 0 Å². The smallest absolute Gasteiger partial charge is 0.191 e. The molecule has 4 heteroatoms. The van der Waals surface area contributed by atoms with E-state index in [0.717, 1.165) is 28.5 Å². The lowest BCUT2D eigenvalue weighted by molar-refractivity contribution is 0.102. The standard InChI is InChI=1S/C15H11Br2ClO/c16-9-4-5-10-11(7-9)15(19)14-8(6-12(10)17)2-1-3-13(14)18/h1-4,7,10,12H,5-6H2. The van der Waals surface area contributed by atoms with Gasteiger partial charge < -0.3 is 0 Å². The van der Waals surface area contributed by atoms with Crippen LogP contribution in [-0.4, -0.2) is 10.6 Å². The van der Waals surface area contributed by atoms with Crippen molar-refractivity contribution < 1.29 is 4.79 Å². The molecule has 2 atom stereocenters. The Morgan fingerprint density at radius 3 is 2.89 bits per heavy atom. The van der Waals surface area contributed by atoms with Crippen LogP contribution in [0.3, 0.4) is 0 Å². The van der Waals surface area contributed by atoms with E-state index in [2.05, 4.69) is 37.9 Å². The lowest BCUT2D eigenvalue weighted by Gasteiger charge is -2.23. The second-order valence-electron chi connectivity index (χ2n) is 4.85. The van der Waals surface area contributed by atoms with Crippen LogP contribution in [0.25, 0.3) is 0 Å². The molecular weight excluding hydrogens is 391 g/mol. The summed E-state index contributed by atoms with van der Waals surface area (Å²) in [4.78, 5) is 13.0. The molecule has 3 rings (SSSR count). The first-order valence-corrected chi connectivity index (χ1v) is 8.20. The fourth-order valence-electron chi connectivity index (χ4n) is 2.75. The van der Waals surface area contributed by atoms with E-state index >= 15 is 0 Å². The van der Waals surface area contributed by atoms with Crippen LogP contribution in [0.1, 0.15) is 22.3 Å². The van der Waals surface area contributed by atoms with Crippen LogP contribution in [0.2, 0.25) is 5.02 Å². The zero-order valence-electron chi connectivity index (χ0n) is 10.00. The summed E-state index contributed by atoms with van der Waals surface area (Å²) in [6.07, 6.45) is 5.76. The van der Waals surface area contributed by atoms with Gasteiger partial charge in [-0.1, -0.05) is 61.7 Å². The Hall–Kier alpha value is -0.380. The Morgan fingerprint density at radius 1 is 1.32 bits per heavy atom. The van der Waals surface area contributed by atoms with Crippen molar-refractivity contribution in [2.24, 2.45) is 5.92 Å². The number of carbonyl (C=O) groups excluding carboxylic acids is 1. The SMILES string of the molecule is O=C1C2=CC(Br)=CCC2C(Br)Cc2cccc(Cl)c21. The summed E-state index contributed by atoms with van der Waals surface area (Å²) in [5, 5.41) is 0.550. The highest BCUT2D eigenvalue weighted by Crippen LogP contribution is 2.40. The summed E-state index contributed by atoms with van der Waals surface area (Å²) in [5.74, 6) is 0.287. The number of ketones is 1. The maximum atomic E-state index is 12.8. The molecule has 0 bridgehead atoms. The highest BCUT2D eigenvalue weighted by atomic mass is 79.9. The monoisotopic (exact) mass is 400 g/mol. The minimum Gasteiger partial charge on any atom is -0.289 e. The van der Waals surface area contributed by atoms with Gasteiger partial charge in [0, 0.05) is 26.4 Å². The Labute approximate surface area is 134 Å². The molecule has 0 amide bonds. The van der Waals surface area contributed by atoms with Crippen LogP contribution >= 0.6 is 43.5 Å². The molecule has 0 fully saturated rings. The summed E-state index contributed by atoms with van der Waals surface area (Å²) in [6, 6.07) is 5.69.